The van der Waals surface area contributed by atoms with Crippen molar-refractivity contribution in [1.82, 2.24) is 14.8 Å². The zero-order valence-corrected chi connectivity index (χ0v) is 30.4. The molecule has 2 aliphatic carbocycles. The van der Waals surface area contributed by atoms with Gasteiger partial charge in [0.25, 0.3) is 0 Å². The number of nitrogens with zero attached hydrogens (tertiary/aromatic N) is 2. The summed E-state index contributed by atoms with van der Waals surface area (Å²) >= 11 is 0. The van der Waals surface area contributed by atoms with E-state index in [1.54, 1.807) is 0 Å². The summed E-state index contributed by atoms with van der Waals surface area (Å²) in [5.74, 6) is -0.617. The molecule has 2 N–H and O–H groups in total. The van der Waals surface area contributed by atoms with Gasteiger partial charge in [0.15, 0.2) is 6.04 Å². The van der Waals surface area contributed by atoms with Crippen molar-refractivity contribution in [3.8, 4) is 0 Å². The maximum atomic E-state index is 14.7. The molecule has 51 heavy (non-hydrogen) atoms. The molecule has 3 atom stereocenters. The molecule has 0 amide bonds. The third-order valence-electron chi connectivity index (χ3n) is 12.7. The molecule has 2 aliphatic heterocycles. The van der Waals surface area contributed by atoms with E-state index in [0.29, 0.717) is 11.8 Å². The molecule has 3 fully saturated rings. The summed E-state index contributed by atoms with van der Waals surface area (Å²) in [5.41, 5.74) is 2.07. The maximum Gasteiger partial charge on any atom is 0.309 e. The molecule has 4 nitrogen and oxygen atoms in total. The molecule has 4 aromatic carbocycles. The highest BCUT2D eigenvalue weighted by Crippen LogP contribution is 2.68. The van der Waals surface area contributed by atoms with Crippen molar-refractivity contribution >= 4 is 7.51 Å². The number of halogens is 4. The molecular weight excluding hydrogens is 667 g/mol. The zero-order chi connectivity index (χ0) is 35.4. The lowest BCUT2D eigenvalue weighted by molar-refractivity contribution is -0.534. The molecular formula is C42H48F4N4P+. The van der Waals surface area contributed by atoms with Crippen molar-refractivity contribution in [3.05, 3.63) is 143 Å². The molecule has 2 saturated carbocycles. The average molecular weight is 716 g/mol. The number of rotatable bonds is 6. The van der Waals surface area contributed by atoms with Gasteiger partial charge in [-0.3, -0.25) is 0 Å². The Labute approximate surface area is 299 Å². The molecule has 0 aromatic heterocycles. The summed E-state index contributed by atoms with van der Waals surface area (Å²) in [5, 5.41) is 8.69. The summed E-state index contributed by atoms with van der Waals surface area (Å²) in [4.78, 5) is 0. The molecule has 4 aromatic rings. The molecule has 8 rings (SSSR count). The van der Waals surface area contributed by atoms with Gasteiger partial charge < -0.3 is 0 Å². The molecule has 9 heteroatoms. The minimum absolute atomic E-state index is 0.0683. The Kier molecular flexibility index (Phi) is 9.27. The monoisotopic (exact) mass is 715 g/mol. The Balaban J connectivity index is 1.43. The van der Waals surface area contributed by atoms with Crippen LogP contribution in [0.1, 0.15) is 86.5 Å². The van der Waals surface area contributed by atoms with Gasteiger partial charge in [-0.1, -0.05) is 87.1 Å². The minimum atomic E-state index is -2.79. The second-order valence-electron chi connectivity index (χ2n) is 15.3. The van der Waals surface area contributed by atoms with Crippen LogP contribution in [0.4, 0.5) is 17.6 Å². The Hall–Kier alpha value is -3.29. The number of likely N-dealkylation sites (N-methyl/N-ethyl adjacent to an activating group) is 2. The Morgan fingerprint density at radius 1 is 0.529 bits per heavy atom. The van der Waals surface area contributed by atoms with Gasteiger partial charge in [0.05, 0.1) is 11.6 Å². The van der Waals surface area contributed by atoms with E-state index in [2.05, 4.69) is 33.3 Å². The fourth-order valence-electron chi connectivity index (χ4n) is 10.5. The van der Waals surface area contributed by atoms with Crippen LogP contribution < -0.4 is 10.2 Å². The number of hydrogen-bond acceptors (Lipinski definition) is 3. The predicted molar refractivity (Wildman–Crippen MR) is 195 cm³/mol. The third kappa shape index (κ3) is 5.64. The lowest BCUT2D eigenvalue weighted by atomic mass is 9.69. The Morgan fingerprint density at radius 3 is 1.25 bits per heavy atom. The van der Waals surface area contributed by atoms with Crippen LogP contribution in [0.2, 0.25) is 0 Å². The van der Waals surface area contributed by atoms with Gasteiger partial charge in [-0.05, 0) is 109 Å². The van der Waals surface area contributed by atoms with Crippen LogP contribution in [0.25, 0.3) is 0 Å². The Morgan fingerprint density at radius 2 is 0.863 bits per heavy atom. The molecule has 1 saturated heterocycles. The van der Waals surface area contributed by atoms with Crippen molar-refractivity contribution in [2.45, 2.75) is 87.4 Å². The van der Waals surface area contributed by atoms with E-state index >= 15 is 0 Å². The lowest BCUT2D eigenvalue weighted by Crippen LogP contribution is -2.53. The molecule has 0 radical (unpaired) electrons. The molecule has 0 unspecified atom stereocenters. The highest BCUT2D eigenvalue weighted by Gasteiger charge is 2.70. The van der Waals surface area contributed by atoms with Crippen molar-refractivity contribution in [3.63, 3.8) is 0 Å². The third-order valence-corrected chi connectivity index (χ3v) is 16.3. The van der Waals surface area contributed by atoms with Crippen LogP contribution in [0.5, 0.6) is 0 Å². The van der Waals surface area contributed by atoms with E-state index in [1.807, 2.05) is 48.5 Å². The van der Waals surface area contributed by atoms with E-state index in [9.17, 15) is 17.6 Å². The van der Waals surface area contributed by atoms with E-state index in [0.717, 1.165) is 73.6 Å². The van der Waals surface area contributed by atoms with E-state index in [4.69, 9.17) is 0 Å². The normalized spacial score (nSPS) is 27.0. The summed E-state index contributed by atoms with van der Waals surface area (Å²) in [7, 11) is 1.66. The molecule has 0 bridgehead atoms. The van der Waals surface area contributed by atoms with Crippen molar-refractivity contribution in [2.75, 3.05) is 14.1 Å². The van der Waals surface area contributed by atoms with Crippen LogP contribution in [0, 0.1) is 35.1 Å². The smallest absolute Gasteiger partial charge is 0.220 e. The largest absolute Gasteiger partial charge is 0.309 e. The van der Waals surface area contributed by atoms with Crippen LogP contribution in [0.3, 0.4) is 0 Å². The number of hydrogen-bond donors (Lipinski definition) is 2. The molecule has 2 heterocycles. The summed E-state index contributed by atoms with van der Waals surface area (Å²) in [6, 6.07) is 27.2. The molecule has 1 spiro atoms. The van der Waals surface area contributed by atoms with Gasteiger partial charge in [0.2, 0.25) is 0 Å². The summed E-state index contributed by atoms with van der Waals surface area (Å²) in [6.45, 7) is 0. The summed E-state index contributed by atoms with van der Waals surface area (Å²) in [6.07, 6.45) is 11.1. The van der Waals surface area contributed by atoms with E-state index in [-0.39, 0.29) is 35.4 Å². The van der Waals surface area contributed by atoms with Crippen LogP contribution in [0.15, 0.2) is 97.1 Å². The molecule has 268 valence electrons. The van der Waals surface area contributed by atoms with Gasteiger partial charge >= 0.3 is 7.51 Å². The predicted octanol–water partition coefficient (Wildman–Crippen LogP) is 10.1. The van der Waals surface area contributed by atoms with Crippen molar-refractivity contribution in [2.24, 2.45) is 11.8 Å². The highest BCUT2D eigenvalue weighted by molar-refractivity contribution is 7.58. The van der Waals surface area contributed by atoms with Crippen LogP contribution >= 0.6 is 7.51 Å². The minimum Gasteiger partial charge on any atom is -0.220 e. The fourth-order valence-corrected chi connectivity index (χ4v) is 14.8. The first kappa shape index (κ1) is 34.8. The van der Waals surface area contributed by atoms with Crippen molar-refractivity contribution in [1.29, 1.82) is 0 Å². The van der Waals surface area contributed by atoms with Crippen molar-refractivity contribution < 1.29 is 21.9 Å². The standard InChI is InChI=1S/C42H47F4N4P/c1-49-39(29-9-5-3-6-10-29)41(31-13-21-35(43)22-14-31,32-15-23-36(44)24-16-32)47-51(49)48-42(33-17-25-37(45)26-18-33,34-19-27-38(46)28-20-34)40(50(51)2)30-11-7-4-8-12-30/h13-30,39-40H,3-12H2,1-2H3,(H,47,48)/p+1/t39-,40-,51+/m0/s1. The first-order valence-electron chi connectivity index (χ1n) is 18.7. The first-order valence-corrected chi connectivity index (χ1v) is 20.4. The fraction of sp³-hybridized carbons (Fsp3) is 0.429. The quantitative estimate of drug-likeness (QED) is 0.154. The topological polar surface area (TPSA) is 30.3 Å². The number of nitrogens with one attached hydrogen (secondary N) is 2. The lowest BCUT2D eigenvalue weighted by Gasteiger charge is -2.42. The number of benzene rings is 4. The van der Waals surface area contributed by atoms with Gasteiger partial charge in [-0.15, -0.1) is 0 Å². The first-order chi connectivity index (χ1) is 24.7. The van der Waals surface area contributed by atoms with Crippen LogP contribution in [-0.2, 0) is 11.1 Å². The molecule has 4 aliphatic rings. The average Bonchev–Trinajstić information content (AvgIpc) is 3.58. The second kappa shape index (κ2) is 13.6. The van der Waals surface area contributed by atoms with E-state index in [1.165, 1.54) is 61.4 Å². The Bertz CT molecular complexity index is 1810. The highest BCUT2D eigenvalue weighted by atomic mass is 31.2. The summed E-state index contributed by atoms with van der Waals surface area (Å²) < 4.78 is 63.8. The van der Waals surface area contributed by atoms with Gasteiger partial charge in [0.1, 0.15) is 35.9 Å². The van der Waals surface area contributed by atoms with Gasteiger partial charge in [-0.2, -0.15) is 0 Å². The van der Waals surface area contributed by atoms with Gasteiger partial charge in [0, 0.05) is 5.92 Å². The maximum absolute atomic E-state index is 14.7. The SMILES string of the molecule is CN1[C@@H](C2CCCCC2)C(c2ccc(F)cc2)(c2ccc(F)cc2)N[P@]12=[N+](C)[C@@H](C1CCCCC1)C(c1ccc(F)cc1)(c1ccc(F)cc1)N2. The van der Waals surface area contributed by atoms with Crippen LogP contribution in [-0.4, -0.2) is 35.2 Å². The van der Waals surface area contributed by atoms with Gasteiger partial charge in [-0.25, -0.2) is 36.7 Å². The van der Waals surface area contributed by atoms with E-state index < -0.39 is 18.6 Å². The zero-order valence-electron chi connectivity index (χ0n) is 29.5. The second-order valence-corrected chi connectivity index (χ2v) is 18.2.